The molecule has 2 aliphatic heterocycles. The zero-order valence-electron chi connectivity index (χ0n) is 21.4. The zero-order valence-corrected chi connectivity index (χ0v) is 21.4. The Hall–Kier alpha value is -3.76. The van der Waals surface area contributed by atoms with E-state index in [1.807, 2.05) is 23.1 Å². The van der Waals surface area contributed by atoms with Crippen molar-refractivity contribution in [3.05, 3.63) is 65.0 Å². The summed E-state index contributed by atoms with van der Waals surface area (Å²) in [5.74, 6) is 1.67. The number of aromatic nitrogens is 3. The molecule has 0 amide bonds. The van der Waals surface area contributed by atoms with Crippen molar-refractivity contribution in [1.82, 2.24) is 9.97 Å². The number of piperidine rings is 1. The van der Waals surface area contributed by atoms with Crippen molar-refractivity contribution in [2.24, 2.45) is 0 Å². The number of halogens is 3. The molecule has 5 rings (SSSR count). The Morgan fingerprint density at radius 3 is 2.24 bits per heavy atom. The lowest BCUT2D eigenvalue weighted by Crippen LogP contribution is -2.51. The summed E-state index contributed by atoms with van der Waals surface area (Å²) in [5, 5.41) is 15.7. The van der Waals surface area contributed by atoms with Crippen molar-refractivity contribution >= 4 is 29.1 Å². The largest absolute Gasteiger partial charge is 0.711 e. The number of anilines is 5. The maximum absolute atomic E-state index is 13.6. The Morgan fingerprint density at radius 1 is 0.895 bits per heavy atom. The fourth-order valence-electron chi connectivity index (χ4n) is 5.01. The van der Waals surface area contributed by atoms with Gasteiger partial charge in [-0.15, -0.1) is 0 Å². The number of alkyl halides is 3. The molecule has 2 aromatic heterocycles. The van der Waals surface area contributed by atoms with Gasteiger partial charge in [0.15, 0.2) is 0 Å². The van der Waals surface area contributed by atoms with Crippen LogP contribution in [0.1, 0.15) is 37.3 Å². The lowest BCUT2D eigenvalue weighted by atomic mass is 10.1. The number of rotatable bonds is 6. The number of hydrogen-bond donors (Lipinski definition) is 1. The predicted octanol–water partition coefficient (Wildman–Crippen LogP) is 4.75. The first-order valence-corrected chi connectivity index (χ1v) is 13.1. The van der Waals surface area contributed by atoms with E-state index in [2.05, 4.69) is 29.3 Å². The molecule has 0 bridgehead atoms. The second-order valence-electron chi connectivity index (χ2n) is 9.68. The monoisotopic (exact) mass is 527 g/mol. The molecule has 0 unspecified atom stereocenters. The molecule has 0 radical (unpaired) electrons. The van der Waals surface area contributed by atoms with Gasteiger partial charge in [-0.3, -0.25) is 4.90 Å². The molecule has 8 nitrogen and oxygen atoms in total. The van der Waals surface area contributed by atoms with E-state index in [1.165, 1.54) is 16.9 Å². The van der Waals surface area contributed by atoms with Gasteiger partial charge in [0.25, 0.3) is 5.82 Å². The first-order chi connectivity index (χ1) is 18.3. The van der Waals surface area contributed by atoms with E-state index in [0.29, 0.717) is 29.6 Å². The van der Waals surface area contributed by atoms with Gasteiger partial charge < -0.3 is 20.3 Å². The van der Waals surface area contributed by atoms with Crippen LogP contribution >= 0.6 is 0 Å². The minimum Gasteiger partial charge on any atom is -0.711 e. The van der Waals surface area contributed by atoms with E-state index >= 15 is 0 Å². The van der Waals surface area contributed by atoms with Gasteiger partial charge in [-0.1, -0.05) is 19.1 Å². The van der Waals surface area contributed by atoms with Gasteiger partial charge in [-0.25, -0.2) is 4.73 Å². The van der Waals surface area contributed by atoms with Gasteiger partial charge in [-0.2, -0.15) is 23.1 Å². The van der Waals surface area contributed by atoms with Crippen LogP contribution in [-0.4, -0.2) is 49.2 Å². The average Bonchev–Trinajstić information content (AvgIpc) is 2.93. The van der Waals surface area contributed by atoms with Crippen molar-refractivity contribution in [2.75, 3.05) is 59.3 Å². The van der Waals surface area contributed by atoms with Crippen LogP contribution in [0, 0.1) is 5.21 Å². The Labute approximate surface area is 220 Å². The first kappa shape index (κ1) is 25.9. The summed E-state index contributed by atoms with van der Waals surface area (Å²) < 4.78 is 41.1. The Morgan fingerprint density at radius 2 is 1.58 bits per heavy atom. The molecule has 4 heterocycles. The van der Waals surface area contributed by atoms with Crippen molar-refractivity contribution in [2.45, 2.75) is 38.8 Å². The number of pyridine rings is 1. The number of benzene rings is 1. The average molecular weight is 528 g/mol. The quantitative estimate of drug-likeness (QED) is 0.366. The molecule has 2 saturated heterocycles. The zero-order chi connectivity index (χ0) is 26.7. The van der Waals surface area contributed by atoms with Gasteiger partial charge in [0.05, 0.1) is 19.3 Å². The second-order valence-corrected chi connectivity index (χ2v) is 9.68. The highest BCUT2D eigenvalue weighted by molar-refractivity contribution is 5.62. The Bertz CT molecular complexity index is 1240. The molecule has 3 aromatic rings. The molecule has 0 saturated carbocycles. The topological polar surface area (TPSA) is 74.5 Å². The molecule has 1 aromatic carbocycles. The molecule has 0 spiro atoms. The minimum atomic E-state index is -4.61. The summed E-state index contributed by atoms with van der Waals surface area (Å²) in [6.07, 6.45) is 0.863. The van der Waals surface area contributed by atoms with Gasteiger partial charge in [0.1, 0.15) is 30.3 Å². The highest BCUT2D eigenvalue weighted by Gasteiger charge is 2.40. The Kier molecular flexibility index (Phi) is 7.44. The standard InChI is InChI=1S/C27H32F3N7O/c1-2-20-8-10-21(11-9-20)31-23-19-24(34-12-4-3-5-13-34)33-26(32-23)36-17-15-35(16-18-36)25-22(27(28,29)30)7-6-14-37(25)38/h6-11,14,19H,2-5,12-13,15-18H2,1H3,(H,31,32,33). The van der Waals surface area contributed by atoms with Gasteiger partial charge in [0.2, 0.25) is 5.95 Å². The summed E-state index contributed by atoms with van der Waals surface area (Å²) in [7, 11) is 0. The van der Waals surface area contributed by atoms with Crippen LogP contribution < -0.4 is 24.7 Å². The van der Waals surface area contributed by atoms with Crippen LogP contribution in [-0.2, 0) is 12.6 Å². The molecule has 38 heavy (non-hydrogen) atoms. The third-order valence-corrected chi connectivity index (χ3v) is 7.12. The van der Waals surface area contributed by atoms with Gasteiger partial charge >= 0.3 is 6.18 Å². The Balaban J connectivity index is 1.38. The molecular formula is C27H32F3N7O. The second kappa shape index (κ2) is 10.9. The molecule has 2 fully saturated rings. The minimum absolute atomic E-state index is 0.244. The summed E-state index contributed by atoms with van der Waals surface area (Å²) in [6, 6.07) is 12.2. The van der Waals surface area contributed by atoms with Gasteiger partial charge in [0, 0.05) is 24.8 Å². The number of nitrogens with one attached hydrogen (secondary N) is 1. The predicted molar refractivity (Wildman–Crippen MR) is 142 cm³/mol. The van der Waals surface area contributed by atoms with Gasteiger partial charge in [-0.05, 0) is 55.5 Å². The van der Waals surface area contributed by atoms with E-state index in [1.54, 1.807) is 0 Å². The number of piperazine rings is 1. The molecule has 202 valence electrons. The van der Waals surface area contributed by atoms with Crippen molar-refractivity contribution < 1.29 is 17.9 Å². The SMILES string of the molecule is CCc1ccc(Nc2cc(N3CCCCC3)nc(N3CCN(c4c(C(F)(F)F)ccc[n+]4[O-])CC3)n2)cc1. The maximum Gasteiger partial charge on any atom is 0.424 e. The van der Waals surface area contributed by atoms with E-state index in [0.717, 1.165) is 62.2 Å². The molecule has 1 N–H and O–H groups in total. The van der Waals surface area contributed by atoms with Crippen LogP contribution in [0.4, 0.5) is 42.3 Å². The number of hydrogen-bond acceptors (Lipinski definition) is 7. The van der Waals surface area contributed by atoms with E-state index < -0.39 is 11.7 Å². The maximum atomic E-state index is 13.6. The third kappa shape index (κ3) is 5.71. The van der Waals surface area contributed by atoms with Crippen molar-refractivity contribution in [3.63, 3.8) is 0 Å². The third-order valence-electron chi connectivity index (χ3n) is 7.12. The summed E-state index contributed by atoms with van der Waals surface area (Å²) in [6.45, 7) is 5.23. The van der Waals surface area contributed by atoms with E-state index in [-0.39, 0.29) is 18.9 Å². The van der Waals surface area contributed by atoms with E-state index in [4.69, 9.17) is 9.97 Å². The smallest absolute Gasteiger partial charge is 0.424 e. The van der Waals surface area contributed by atoms with Crippen molar-refractivity contribution in [1.29, 1.82) is 0 Å². The number of nitrogens with zero attached hydrogens (tertiary/aromatic N) is 6. The first-order valence-electron chi connectivity index (χ1n) is 13.1. The highest BCUT2D eigenvalue weighted by Crippen LogP contribution is 2.35. The van der Waals surface area contributed by atoms with Crippen LogP contribution in [0.15, 0.2) is 48.7 Å². The summed E-state index contributed by atoms with van der Waals surface area (Å²) in [4.78, 5) is 15.4. The molecule has 0 atom stereocenters. The summed E-state index contributed by atoms with van der Waals surface area (Å²) >= 11 is 0. The number of aryl methyl sites for hydroxylation is 1. The van der Waals surface area contributed by atoms with Crippen LogP contribution in [0.25, 0.3) is 0 Å². The van der Waals surface area contributed by atoms with Crippen LogP contribution in [0.3, 0.4) is 0 Å². The fourth-order valence-corrected chi connectivity index (χ4v) is 5.01. The van der Waals surface area contributed by atoms with Crippen LogP contribution in [0.2, 0.25) is 0 Å². The summed E-state index contributed by atoms with van der Waals surface area (Å²) in [5.41, 5.74) is 1.25. The molecule has 2 aliphatic rings. The fraction of sp³-hybridized carbons (Fsp3) is 0.444. The van der Waals surface area contributed by atoms with E-state index in [9.17, 15) is 18.4 Å². The molecule has 0 aliphatic carbocycles. The molecule has 11 heteroatoms. The van der Waals surface area contributed by atoms with Crippen molar-refractivity contribution in [3.8, 4) is 0 Å². The van der Waals surface area contributed by atoms with Crippen LogP contribution in [0.5, 0.6) is 0 Å². The lowest BCUT2D eigenvalue weighted by Gasteiger charge is -2.34. The normalized spacial score (nSPS) is 16.6. The molecular weight excluding hydrogens is 495 g/mol. The lowest BCUT2D eigenvalue weighted by molar-refractivity contribution is -0.593. The highest BCUT2D eigenvalue weighted by atomic mass is 19.4.